The SMILES string of the molecule is OC(C#Cc1cccc2ccccc12)(C1CC1)C(F)(F)F. The molecule has 21 heavy (non-hydrogen) atoms. The van der Waals surface area contributed by atoms with E-state index in [2.05, 4.69) is 11.8 Å². The summed E-state index contributed by atoms with van der Waals surface area (Å²) in [5, 5.41) is 11.6. The Bertz CT molecular complexity index is 730. The van der Waals surface area contributed by atoms with Crippen LogP contribution in [-0.4, -0.2) is 16.9 Å². The first-order valence-electron chi connectivity index (χ1n) is 6.72. The normalized spacial score (nSPS) is 17.9. The number of hydrogen-bond acceptors (Lipinski definition) is 1. The van der Waals surface area contributed by atoms with Crippen LogP contribution < -0.4 is 0 Å². The lowest BCUT2D eigenvalue weighted by molar-refractivity contribution is -0.242. The van der Waals surface area contributed by atoms with Gasteiger partial charge < -0.3 is 5.11 Å². The third kappa shape index (κ3) is 2.50. The van der Waals surface area contributed by atoms with Crippen LogP contribution in [0.5, 0.6) is 0 Å². The molecule has 1 aliphatic rings. The second kappa shape index (κ2) is 4.78. The van der Waals surface area contributed by atoms with Gasteiger partial charge in [0.1, 0.15) is 0 Å². The fraction of sp³-hybridized carbons (Fsp3) is 0.294. The number of hydrogen-bond donors (Lipinski definition) is 1. The van der Waals surface area contributed by atoms with Crippen molar-refractivity contribution in [3.05, 3.63) is 48.0 Å². The molecule has 0 heterocycles. The molecule has 0 aromatic heterocycles. The van der Waals surface area contributed by atoms with Gasteiger partial charge in [0, 0.05) is 11.5 Å². The molecule has 0 amide bonds. The summed E-state index contributed by atoms with van der Waals surface area (Å²) in [6.07, 6.45) is -4.01. The van der Waals surface area contributed by atoms with Crippen LogP contribution in [0, 0.1) is 17.8 Å². The Balaban J connectivity index is 2.06. The fourth-order valence-electron chi connectivity index (χ4n) is 2.40. The first-order valence-corrected chi connectivity index (χ1v) is 6.72. The van der Waals surface area contributed by atoms with Gasteiger partial charge in [0.2, 0.25) is 5.60 Å². The maximum absolute atomic E-state index is 13.1. The smallest absolute Gasteiger partial charge is 0.369 e. The molecule has 1 saturated carbocycles. The molecule has 1 N–H and O–H groups in total. The summed E-state index contributed by atoms with van der Waals surface area (Å²) < 4.78 is 39.2. The zero-order valence-corrected chi connectivity index (χ0v) is 11.1. The van der Waals surface area contributed by atoms with Crippen LogP contribution in [0.1, 0.15) is 18.4 Å². The average Bonchev–Trinajstić information content (AvgIpc) is 3.28. The Labute approximate surface area is 120 Å². The molecule has 0 saturated heterocycles. The highest BCUT2D eigenvalue weighted by atomic mass is 19.4. The number of benzene rings is 2. The topological polar surface area (TPSA) is 20.2 Å². The Morgan fingerprint density at radius 3 is 2.33 bits per heavy atom. The third-order valence-corrected chi connectivity index (χ3v) is 3.78. The maximum Gasteiger partial charge on any atom is 0.428 e. The largest absolute Gasteiger partial charge is 0.428 e. The molecular weight excluding hydrogens is 277 g/mol. The van der Waals surface area contributed by atoms with Crippen molar-refractivity contribution >= 4 is 10.8 Å². The van der Waals surface area contributed by atoms with Gasteiger partial charge in [-0.3, -0.25) is 0 Å². The molecule has 2 aromatic carbocycles. The van der Waals surface area contributed by atoms with Gasteiger partial charge in [-0.1, -0.05) is 48.2 Å². The fourth-order valence-corrected chi connectivity index (χ4v) is 2.40. The second-order valence-corrected chi connectivity index (χ2v) is 5.32. The molecule has 0 aliphatic heterocycles. The zero-order valence-electron chi connectivity index (χ0n) is 11.1. The Morgan fingerprint density at radius 2 is 1.67 bits per heavy atom. The van der Waals surface area contributed by atoms with E-state index in [9.17, 15) is 18.3 Å². The lowest BCUT2D eigenvalue weighted by Gasteiger charge is -2.24. The molecule has 108 valence electrons. The quantitative estimate of drug-likeness (QED) is 0.790. The number of rotatable bonds is 1. The zero-order chi connectivity index (χ0) is 15.1. The van der Waals surface area contributed by atoms with E-state index in [4.69, 9.17) is 0 Å². The molecule has 0 radical (unpaired) electrons. The van der Waals surface area contributed by atoms with E-state index in [1.54, 1.807) is 12.1 Å². The van der Waals surface area contributed by atoms with Crippen molar-refractivity contribution in [3.8, 4) is 11.8 Å². The standard InChI is InChI=1S/C17H13F3O/c18-17(19,20)16(21,14-8-9-14)11-10-13-6-3-5-12-4-1-2-7-15(12)13/h1-7,14,21H,8-9H2. The molecule has 2 aromatic rings. The van der Waals surface area contributed by atoms with Gasteiger partial charge >= 0.3 is 6.18 Å². The summed E-state index contributed by atoms with van der Waals surface area (Å²) in [7, 11) is 0. The monoisotopic (exact) mass is 290 g/mol. The van der Waals surface area contributed by atoms with Crippen LogP contribution in [0.25, 0.3) is 10.8 Å². The summed E-state index contributed by atoms with van der Waals surface area (Å²) in [6, 6.07) is 12.6. The number of fused-ring (bicyclic) bond motifs is 1. The van der Waals surface area contributed by atoms with Gasteiger partial charge in [0.05, 0.1) is 0 Å². The predicted molar refractivity (Wildman–Crippen MR) is 74.6 cm³/mol. The van der Waals surface area contributed by atoms with Crippen molar-refractivity contribution in [1.29, 1.82) is 0 Å². The molecular formula is C17H13F3O. The van der Waals surface area contributed by atoms with Crippen molar-refractivity contribution in [1.82, 2.24) is 0 Å². The lowest BCUT2D eigenvalue weighted by Crippen LogP contribution is -2.46. The summed E-state index contributed by atoms with van der Waals surface area (Å²) in [6.45, 7) is 0. The maximum atomic E-state index is 13.1. The highest BCUT2D eigenvalue weighted by Gasteiger charge is 2.61. The van der Waals surface area contributed by atoms with Gasteiger partial charge in [-0.15, -0.1) is 0 Å². The van der Waals surface area contributed by atoms with E-state index in [0.29, 0.717) is 18.4 Å². The Morgan fingerprint density at radius 1 is 1.00 bits per heavy atom. The minimum atomic E-state index is -4.73. The van der Waals surface area contributed by atoms with Crippen molar-refractivity contribution in [2.45, 2.75) is 24.6 Å². The van der Waals surface area contributed by atoms with Gasteiger partial charge in [0.15, 0.2) is 0 Å². The number of alkyl halides is 3. The van der Waals surface area contributed by atoms with Crippen LogP contribution in [0.15, 0.2) is 42.5 Å². The predicted octanol–water partition coefficient (Wildman–Crippen LogP) is 3.89. The van der Waals surface area contributed by atoms with Crippen molar-refractivity contribution in [2.75, 3.05) is 0 Å². The highest BCUT2D eigenvalue weighted by Crippen LogP contribution is 2.47. The summed E-state index contributed by atoms with van der Waals surface area (Å²) >= 11 is 0. The summed E-state index contributed by atoms with van der Waals surface area (Å²) in [5.74, 6) is 3.82. The first kappa shape index (κ1) is 14.0. The molecule has 1 unspecified atom stereocenters. The molecule has 1 nitrogen and oxygen atoms in total. The van der Waals surface area contributed by atoms with E-state index < -0.39 is 17.7 Å². The van der Waals surface area contributed by atoms with Crippen molar-refractivity contribution in [3.63, 3.8) is 0 Å². The minimum absolute atomic E-state index is 0.361. The Hall–Kier alpha value is -1.99. The van der Waals surface area contributed by atoms with Crippen LogP contribution in [0.4, 0.5) is 13.2 Å². The number of aliphatic hydroxyl groups is 1. The van der Waals surface area contributed by atoms with E-state index in [-0.39, 0.29) is 0 Å². The van der Waals surface area contributed by atoms with E-state index in [1.807, 2.05) is 30.3 Å². The molecule has 0 spiro atoms. The Kier molecular flexibility index (Phi) is 3.18. The van der Waals surface area contributed by atoms with Crippen LogP contribution in [-0.2, 0) is 0 Å². The third-order valence-electron chi connectivity index (χ3n) is 3.78. The average molecular weight is 290 g/mol. The van der Waals surface area contributed by atoms with E-state index in [0.717, 1.165) is 10.8 Å². The van der Waals surface area contributed by atoms with Crippen LogP contribution in [0.3, 0.4) is 0 Å². The van der Waals surface area contributed by atoms with Crippen molar-refractivity contribution in [2.24, 2.45) is 5.92 Å². The number of halogens is 3. The first-order chi connectivity index (χ1) is 9.92. The summed E-state index contributed by atoms with van der Waals surface area (Å²) in [4.78, 5) is 0. The highest BCUT2D eigenvalue weighted by molar-refractivity contribution is 5.88. The molecule has 1 atom stereocenters. The molecule has 1 fully saturated rings. The molecule has 3 rings (SSSR count). The van der Waals surface area contributed by atoms with Gasteiger partial charge in [-0.2, -0.15) is 13.2 Å². The molecule has 4 heteroatoms. The van der Waals surface area contributed by atoms with Crippen LogP contribution >= 0.6 is 0 Å². The second-order valence-electron chi connectivity index (χ2n) is 5.32. The molecule has 0 bridgehead atoms. The van der Waals surface area contributed by atoms with Gasteiger partial charge in [-0.25, -0.2) is 0 Å². The van der Waals surface area contributed by atoms with E-state index >= 15 is 0 Å². The minimum Gasteiger partial charge on any atom is -0.369 e. The summed E-state index contributed by atoms with van der Waals surface area (Å²) in [5.41, 5.74) is -2.40. The molecule has 1 aliphatic carbocycles. The van der Waals surface area contributed by atoms with Gasteiger partial charge in [0.25, 0.3) is 0 Å². The van der Waals surface area contributed by atoms with Crippen LogP contribution in [0.2, 0.25) is 0 Å². The lowest BCUT2D eigenvalue weighted by atomic mass is 9.96. The van der Waals surface area contributed by atoms with Crippen molar-refractivity contribution < 1.29 is 18.3 Å². The van der Waals surface area contributed by atoms with Gasteiger partial charge in [-0.05, 0) is 29.7 Å². The van der Waals surface area contributed by atoms with E-state index in [1.165, 1.54) is 0 Å².